The van der Waals surface area contributed by atoms with Gasteiger partial charge in [0.25, 0.3) is 0 Å². The summed E-state index contributed by atoms with van der Waals surface area (Å²) in [5.41, 5.74) is 1.38. The van der Waals surface area contributed by atoms with E-state index in [1.807, 2.05) is 11.9 Å². The Morgan fingerprint density at radius 2 is 2.00 bits per heavy atom. The Hall–Kier alpha value is -1.39. The molecule has 1 saturated carbocycles. The first-order valence-corrected chi connectivity index (χ1v) is 10.5. The van der Waals surface area contributed by atoms with Crippen LogP contribution in [-0.2, 0) is 11.3 Å². The van der Waals surface area contributed by atoms with Crippen LogP contribution >= 0.6 is 0 Å². The molecule has 0 radical (unpaired) electrons. The number of hydrogen-bond acceptors (Lipinski definition) is 3. The number of likely N-dealkylation sites (N-methyl/N-ethyl adjacent to an activating group) is 1. The van der Waals surface area contributed by atoms with Crippen molar-refractivity contribution < 1.29 is 4.79 Å². The highest BCUT2D eigenvalue weighted by Gasteiger charge is 2.39. The fraction of sp³-hybridized carbons (Fsp3) is 0.682. The van der Waals surface area contributed by atoms with Crippen molar-refractivity contribution in [1.29, 1.82) is 0 Å². The van der Waals surface area contributed by atoms with Gasteiger partial charge in [-0.1, -0.05) is 43.2 Å². The van der Waals surface area contributed by atoms with Crippen molar-refractivity contribution >= 4 is 5.91 Å². The number of carbonyl (C=O) groups excluding carboxylic acids is 1. The van der Waals surface area contributed by atoms with Gasteiger partial charge in [0, 0.05) is 32.7 Å². The predicted molar refractivity (Wildman–Crippen MR) is 105 cm³/mol. The van der Waals surface area contributed by atoms with E-state index in [1.165, 1.54) is 37.7 Å². The van der Waals surface area contributed by atoms with E-state index in [9.17, 15) is 4.79 Å². The second kappa shape index (κ2) is 8.10. The van der Waals surface area contributed by atoms with Gasteiger partial charge >= 0.3 is 0 Å². The molecule has 2 saturated heterocycles. The van der Waals surface area contributed by atoms with Crippen molar-refractivity contribution in [2.24, 2.45) is 11.8 Å². The number of likely N-dealkylation sites (tertiary alicyclic amines) is 1. The number of benzene rings is 1. The minimum Gasteiger partial charge on any atom is -0.344 e. The van der Waals surface area contributed by atoms with Crippen LogP contribution in [0.15, 0.2) is 30.3 Å². The molecule has 1 amide bonds. The zero-order valence-electron chi connectivity index (χ0n) is 16.1. The molecular weight excluding hydrogens is 322 g/mol. The molecule has 4 rings (SSSR count). The van der Waals surface area contributed by atoms with Crippen LogP contribution in [0.25, 0.3) is 0 Å². The Labute approximate surface area is 157 Å². The van der Waals surface area contributed by atoms with Crippen molar-refractivity contribution in [2.75, 3.05) is 26.7 Å². The molecular formula is C22H33N3O. The molecule has 4 atom stereocenters. The standard InChI is InChI=1S/C22H33N3O/c1-24(22(26)21-13-19-9-5-6-10-20(19)23-21)14-18-11-12-25(16-18)15-17-7-3-2-4-8-17/h2-4,7-8,18-21,23H,5-6,9-16H2,1H3. The Bertz CT molecular complexity index is 591. The third kappa shape index (κ3) is 4.12. The molecule has 1 aromatic rings. The lowest BCUT2D eigenvalue weighted by molar-refractivity contribution is -0.132. The smallest absolute Gasteiger partial charge is 0.239 e. The van der Waals surface area contributed by atoms with E-state index >= 15 is 0 Å². The molecule has 0 aromatic heterocycles. The Morgan fingerprint density at radius 3 is 2.81 bits per heavy atom. The maximum atomic E-state index is 12.9. The van der Waals surface area contributed by atoms with Crippen LogP contribution in [0.5, 0.6) is 0 Å². The molecule has 4 nitrogen and oxygen atoms in total. The number of amides is 1. The summed E-state index contributed by atoms with van der Waals surface area (Å²) >= 11 is 0. The quantitative estimate of drug-likeness (QED) is 0.882. The summed E-state index contributed by atoms with van der Waals surface area (Å²) < 4.78 is 0. The summed E-state index contributed by atoms with van der Waals surface area (Å²) in [6, 6.07) is 11.4. The van der Waals surface area contributed by atoms with Crippen LogP contribution in [0.4, 0.5) is 0 Å². The van der Waals surface area contributed by atoms with E-state index in [2.05, 4.69) is 40.5 Å². The zero-order valence-corrected chi connectivity index (χ0v) is 16.1. The van der Waals surface area contributed by atoms with Gasteiger partial charge in [0.1, 0.15) is 0 Å². The maximum Gasteiger partial charge on any atom is 0.239 e. The summed E-state index contributed by atoms with van der Waals surface area (Å²) in [4.78, 5) is 17.4. The van der Waals surface area contributed by atoms with Crippen molar-refractivity contribution in [3.05, 3.63) is 35.9 Å². The van der Waals surface area contributed by atoms with Crippen LogP contribution in [0, 0.1) is 11.8 Å². The SMILES string of the molecule is CN(CC1CCN(Cc2ccccc2)C1)C(=O)C1CC2CCCCC2N1. The summed E-state index contributed by atoms with van der Waals surface area (Å²) in [5, 5.41) is 3.64. The number of nitrogens with one attached hydrogen (secondary N) is 1. The third-order valence-corrected chi connectivity index (χ3v) is 6.69. The first kappa shape index (κ1) is 18.0. The number of hydrogen-bond donors (Lipinski definition) is 1. The van der Waals surface area contributed by atoms with Gasteiger partial charge in [-0.3, -0.25) is 9.69 Å². The van der Waals surface area contributed by atoms with E-state index in [4.69, 9.17) is 0 Å². The summed E-state index contributed by atoms with van der Waals surface area (Å²) in [6.07, 6.45) is 7.49. The third-order valence-electron chi connectivity index (χ3n) is 6.69. The number of carbonyl (C=O) groups is 1. The molecule has 2 aliphatic heterocycles. The first-order chi connectivity index (χ1) is 12.7. The molecule has 2 heterocycles. The zero-order chi connectivity index (χ0) is 17.9. The lowest BCUT2D eigenvalue weighted by Gasteiger charge is -2.25. The molecule has 3 aliphatic rings. The lowest BCUT2D eigenvalue weighted by atomic mass is 9.85. The molecule has 26 heavy (non-hydrogen) atoms. The molecule has 4 unspecified atom stereocenters. The van der Waals surface area contributed by atoms with E-state index < -0.39 is 0 Å². The first-order valence-electron chi connectivity index (χ1n) is 10.5. The largest absolute Gasteiger partial charge is 0.344 e. The van der Waals surface area contributed by atoms with Gasteiger partial charge in [0.2, 0.25) is 5.91 Å². The molecule has 142 valence electrons. The summed E-state index contributed by atoms with van der Waals surface area (Å²) in [6.45, 7) is 4.18. The van der Waals surface area contributed by atoms with Crippen molar-refractivity contribution in [3.63, 3.8) is 0 Å². The van der Waals surface area contributed by atoms with Gasteiger partial charge < -0.3 is 10.2 Å². The molecule has 0 spiro atoms. The highest BCUT2D eigenvalue weighted by molar-refractivity contribution is 5.82. The molecule has 3 fully saturated rings. The topological polar surface area (TPSA) is 35.6 Å². The van der Waals surface area contributed by atoms with Crippen molar-refractivity contribution in [3.8, 4) is 0 Å². The maximum absolute atomic E-state index is 12.9. The van der Waals surface area contributed by atoms with Gasteiger partial charge in [0.15, 0.2) is 0 Å². The Balaban J connectivity index is 1.24. The number of fused-ring (bicyclic) bond motifs is 1. The van der Waals surface area contributed by atoms with Crippen LogP contribution in [0.2, 0.25) is 0 Å². The Morgan fingerprint density at radius 1 is 1.19 bits per heavy atom. The minimum absolute atomic E-state index is 0.0647. The monoisotopic (exact) mass is 355 g/mol. The molecule has 1 aromatic carbocycles. The van der Waals surface area contributed by atoms with Gasteiger partial charge in [-0.2, -0.15) is 0 Å². The van der Waals surface area contributed by atoms with Gasteiger partial charge in [0.05, 0.1) is 6.04 Å². The second-order valence-electron chi connectivity index (χ2n) is 8.70. The minimum atomic E-state index is 0.0647. The lowest BCUT2D eigenvalue weighted by Crippen LogP contribution is -2.45. The van der Waals surface area contributed by atoms with E-state index in [0.717, 1.165) is 38.5 Å². The fourth-order valence-corrected chi connectivity index (χ4v) is 5.30. The van der Waals surface area contributed by atoms with E-state index in [1.54, 1.807) is 0 Å². The average molecular weight is 356 g/mol. The van der Waals surface area contributed by atoms with Gasteiger partial charge in [-0.15, -0.1) is 0 Å². The van der Waals surface area contributed by atoms with E-state index in [-0.39, 0.29) is 6.04 Å². The van der Waals surface area contributed by atoms with Crippen LogP contribution in [0.1, 0.15) is 44.1 Å². The highest BCUT2D eigenvalue weighted by atomic mass is 16.2. The van der Waals surface area contributed by atoms with Crippen LogP contribution < -0.4 is 5.32 Å². The average Bonchev–Trinajstić information content (AvgIpc) is 3.28. The second-order valence-corrected chi connectivity index (χ2v) is 8.70. The van der Waals surface area contributed by atoms with E-state index in [0.29, 0.717) is 17.9 Å². The summed E-state index contributed by atoms with van der Waals surface area (Å²) in [5.74, 6) is 1.66. The number of nitrogens with zero attached hydrogens (tertiary/aromatic N) is 2. The van der Waals surface area contributed by atoms with Crippen LogP contribution in [-0.4, -0.2) is 54.5 Å². The van der Waals surface area contributed by atoms with Crippen molar-refractivity contribution in [1.82, 2.24) is 15.1 Å². The van der Waals surface area contributed by atoms with Crippen molar-refractivity contribution in [2.45, 2.75) is 57.2 Å². The fourth-order valence-electron chi connectivity index (χ4n) is 5.30. The molecule has 1 N–H and O–H groups in total. The van der Waals surface area contributed by atoms with Gasteiger partial charge in [-0.05, 0) is 49.6 Å². The van der Waals surface area contributed by atoms with Crippen LogP contribution in [0.3, 0.4) is 0 Å². The number of rotatable bonds is 5. The summed E-state index contributed by atoms with van der Waals surface area (Å²) in [7, 11) is 2.01. The highest BCUT2D eigenvalue weighted by Crippen LogP contribution is 2.33. The predicted octanol–water partition coefficient (Wildman–Crippen LogP) is 2.89. The van der Waals surface area contributed by atoms with Gasteiger partial charge in [-0.25, -0.2) is 0 Å². The molecule has 1 aliphatic carbocycles. The Kier molecular flexibility index (Phi) is 5.60. The molecule has 0 bridgehead atoms. The molecule has 4 heteroatoms. The normalized spacial score (nSPS) is 31.7.